The summed E-state index contributed by atoms with van der Waals surface area (Å²) < 4.78 is 55.8. The highest BCUT2D eigenvalue weighted by Crippen LogP contribution is 2.28. The number of aliphatic hydroxyl groups is 3. The molecule has 1 aliphatic rings. The van der Waals surface area contributed by atoms with E-state index < -0.39 is 46.0 Å². The van der Waals surface area contributed by atoms with Crippen LogP contribution in [0.25, 0.3) is 11.3 Å². The van der Waals surface area contributed by atoms with E-state index in [4.69, 9.17) is 14.0 Å². The molecule has 2 aromatic heterocycles. The maximum absolute atomic E-state index is 14.3. The minimum Gasteiger partial charge on any atom is -0.460 e. The Morgan fingerprint density at radius 2 is 1.74 bits per heavy atom. The Bertz CT molecular complexity index is 916. The van der Waals surface area contributed by atoms with Crippen LogP contribution in [0.15, 0.2) is 31.0 Å². The van der Waals surface area contributed by atoms with E-state index in [9.17, 15) is 28.1 Å². The average Bonchev–Trinajstić information content (AvgIpc) is 2.62. The van der Waals surface area contributed by atoms with Gasteiger partial charge in [0.2, 0.25) is 11.7 Å². The fraction of sp³-hybridized carbons (Fsp3) is 0.357. The van der Waals surface area contributed by atoms with Crippen LogP contribution < -0.4 is 4.74 Å². The summed E-state index contributed by atoms with van der Waals surface area (Å²) in [6.45, 7) is 0. The first-order chi connectivity index (χ1) is 12.7. The zero-order valence-electron chi connectivity index (χ0n) is 13.3. The van der Waals surface area contributed by atoms with Gasteiger partial charge in [-0.15, -0.1) is 0 Å². The van der Waals surface area contributed by atoms with Crippen molar-refractivity contribution in [1.29, 1.82) is 0 Å². The van der Waals surface area contributed by atoms with E-state index in [1.807, 2.05) is 0 Å². The monoisotopic (exact) mass is 403 g/mol. The van der Waals surface area contributed by atoms with E-state index in [-0.39, 0.29) is 11.4 Å². The third-order valence-corrected chi connectivity index (χ3v) is 4.70. The molecule has 4 N–H and O–H groups in total. The Kier molecular flexibility index (Phi) is 5.32. The highest BCUT2D eigenvalue weighted by Gasteiger charge is 2.50. The Labute approximate surface area is 151 Å². The molecule has 146 valence electrons. The van der Waals surface area contributed by atoms with Crippen molar-refractivity contribution in [3.05, 3.63) is 36.8 Å². The van der Waals surface area contributed by atoms with Crippen molar-refractivity contribution in [3.8, 4) is 17.0 Å². The summed E-state index contributed by atoms with van der Waals surface area (Å²) >= 11 is 0. The molecular weight excluding hydrogens is 389 g/mol. The lowest BCUT2D eigenvalue weighted by molar-refractivity contribution is -0.254. The molecule has 27 heavy (non-hydrogen) atoms. The molecule has 5 atom stereocenters. The van der Waals surface area contributed by atoms with Gasteiger partial charge in [0, 0.05) is 24.0 Å². The van der Waals surface area contributed by atoms with Crippen LogP contribution in [0.4, 0.5) is 4.39 Å². The molecule has 1 unspecified atom stereocenters. The number of aromatic nitrogens is 3. The van der Waals surface area contributed by atoms with E-state index in [1.165, 1.54) is 18.7 Å². The predicted molar refractivity (Wildman–Crippen MR) is 84.1 cm³/mol. The largest absolute Gasteiger partial charge is 0.460 e. The van der Waals surface area contributed by atoms with Crippen LogP contribution in [0.3, 0.4) is 0 Å². The molecule has 3 heterocycles. The summed E-state index contributed by atoms with van der Waals surface area (Å²) in [5.41, 5.74) is -2.06. The Morgan fingerprint density at radius 1 is 1.07 bits per heavy atom. The molecule has 13 heteroatoms. The molecule has 11 nitrogen and oxygen atoms in total. The van der Waals surface area contributed by atoms with Gasteiger partial charge in [0.25, 0.3) is 10.1 Å². The van der Waals surface area contributed by atoms with Gasteiger partial charge >= 0.3 is 0 Å². The highest BCUT2D eigenvalue weighted by atomic mass is 32.2. The maximum atomic E-state index is 14.3. The predicted octanol–water partition coefficient (Wildman–Crippen LogP) is -1.29. The molecule has 0 bridgehead atoms. The van der Waals surface area contributed by atoms with Gasteiger partial charge < -0.3 is 24.8 Å². The molecular formula is C14H14FN3O8S. The Balaban J connectivity index is 1.83. The molecule has 0 saturated carbocycles. The van der Waals surface area contributed by atoms with Gasteiger partial charge in [-0.05, 0) is 0 Å². The molecule has 0 spiro atoms. The third-order valence-electron chi connectivity index (χ3n) is 3.72. The molecule has 2 aromatic rings. The summed E-state index contributed by atoms with van der Waals surface area (Å²) in [6, 6.07) is 0.880. The first-order valence-electron chi connectivity index (χ1n) is 7.42. The van der Waals surface area contributed by atoms with Gasteiger partial charge in [0.1, 0.15) is 36.1 Å². The van der Waals surface area contributed by atoms with Crippen molar-refractivity contribution in [2.75, 3.05) is 0 Å². The van der Waals surface area contributed by atoms with Gasteiger partial charge in [0.05, 0.1) is 6.20 Å². The van der Waals surface area contributed by atoms with Crippen molar-refractivity contribution in [2.45, 2.75) is 30.0 Å². The number of pyridine rings is 1. The standard InChI is InChI=1S/C14H14FN3O8S/c15-8-1-7(4-18-9(8)6-2-16-5-17-3-6)25-13-11(20)10(19)12(21)14(26-13)27(22,23)24/h1-5,10-14,19-21H,(H,22,23,24)/t10-,11-,12+,13-,14?/m1/s1. The molecule has 3 rings (SSSR count). The topological polar surface area (TPSA) is 172 Å². The van der Waals surface area contributed by atoms with Crippen molar-refractivity contribution < 1.29 is 42.2 Å². The fourth-order valence-corrected chi connectivity index (χ4v) is 3.18. The van der Waals surface area contributed by atoms with Crippen molar-refractivity contribution in [1.82, 2.24) is 15.0 Å². The summed E-state index contributed by atoms with van der Waals surface area (Å²) in [6.07, 6.45) is -2.86. The van der Waals surface area contributed by atoms with Gasteiger partial charge in [-0.3, -0.25) is 4.55 Å². The van der Waals surface area contributed by atoms with E-state index in [2.05, 4.69) is 15.0 Å². The summed E-state index contributed by atoms with van der Waals surface area (Å²) in [7, 11) is -4.93. The smallest absolute Gasteiger partial charge is 0.295 e. The molecule has 0 aromatic carbocycles. The van der Waals surface area contributed by atoms with Crippen LogP contribution >= 0.6 is 0 Å². The molecule has 0 radical (unpaired) electrons. The SMILES string of the molecule is O=S(=O)(O)C1O[C@@H](Oc2cnc(-c3cncnc3)c(F)c2)[C@H](O)[C@@H](O)[C@@H]1O. The minimum atomic E-state index is -4.93. The summed E-state index contributed by atoms with van der Waals surface area (Å²) in [5, 5.41) is 29.2. The molecule has 0 aliphatic carbocycles. The lowest BCUT2D eigenvalue weighted by atomic mass is 10.1. The number of rotatable bonds is 4. The van der Waals surface area contributed by atoms with Gasteiger partial charge in [-0.25, -0.2) is 19.3 Å². The van der Waals surface area contributed by atoms with Crippen LogP contribution in [-0.4, -0.2) is 73.3 Å². The first-order valence-corrected chi connectivity index (χ1v) is 8.92. The number of hydrogen-bond acceptors (Lipinski definition) is 10. The van der Waals surface area contributed by atoms with Crippen molar-refractivity contribution in [3.63, 3.8) is 0 Å². The van der Waals surface area contributed by atoms with Crippen LogP contribution in [0.5, 0.6) is 5.75 Å². The number of ether oxygens (including phenoxy) is 2. The number of nitrogens with zero attached hydrogens (tertiary/aromatic N) is 3. The van der Waals surface area contributed by atoms with Crippen LogP contribution in [-0.2, 0) is 14.9 Å². The number of aliphatic hydroxyl groups excluding tert-OH is 3. The van der Waals surface area contributed by atoms with E-state index in [1.54, 1.807) is 0 Å². The van der Waals surface area contributed by atoms with Crippen molar-refractivity contribution >= 4 is 10.1 Å². The second-order valence-corrected chi connectivity index (χ2v) is 7.10. The minimum absolute atomic E-state index is 0.0840. The van der Waals surface area contributed by atoms with Gasteiger partial charge in [0.15, 0.2) is 5.82 Å². The normalized spacial score (nSPS) is 28.7. The maximum Gasteiger partial charge on any atom is 0.295 e. The molecule has 0 amide bonds. The van der Waals surface area contributed by atoms with Crippen LogP contribution in [0, 0.1) is 5.82 Å². The molecule has 1 aliphatic heterocycles. The molecule has 1 saturated heterocycles. The molecule has 1 fully saturated rings. The Hall–Kier alpha value is -2.29. The van der Waals surface area contributed by atoms with Gasteiger partial charge in [-0.1, -0.05) is 0 Å². The highest BCUT2D eigenvalue weighted by molar-refractivity contribution is 7.86. The first kappa shape index (κ1) is 19.5. The van der Waals surface area contributed by atoms with E-state index in [0.717, 1.165) is 12.3 Å². The van der Waals surface area contributed by atoms with Crippen molar-refractivity contribution in [2.24, 2.45) is 0 Å². The number of hydrogen-bond donors (Lipinski definition) is 4. The summed E-state index contributed by atoms with van der Waals surface area (Å²) in [4.78, 5) is 11.3. The van der Waals surface area contributed by atoms with Crippen LogP contribution in [0.2, 0.25) is 0 Å². The second kappa shape index (κ2) is 7.38. The lowest BCUT2D eigenvalue weighted by Crippen LogP contribution is -2.61. The Morgan fingerprint density at radius 3 is 2.33 bits per heavy atom. The second-order valence-electron chi connectivity index (χ2n) is 5.61. The van der Waals surface area contributed by atoms with Crippen LogP contribution in [0.1, 0.15) is 0 Å². The van der Waals surface area contributed by atoms with E-state index in [0.29, 0.717) is 5.56 Å². The zero-order valence-corrected chi connectivity index (χ0v) is 14.1. The summed E-state index contributed by atoms with van der Waals surface area (Å²) in [5.74, 6) is -1.10. The average molecular weight is 403 g/mol. The fourth-order valence-electron chi connectivity index (χ4n) is 2.41. The third kappa shape index (κ3) is 4.02. The lowest BCUT2D eigenvalue weighted by Gasteiger charge is -2.38. The van der Waals surface area contributed by atoms with Gasteiger partial charge in [-0.2, -0.15) is 8.42 Å². The quantitative estimate of drug-likeness (QED) is 0.447. The zero-order chi connectivity index (χ0) is 19.8. The number of halogens is 1. The van der Waals surface area contributed by atoms with E-state index >= 15 is 0 Å².